The Balaban J connectivity index is 5.28. The Labute approximate surface area is 131 Å². The summed E-state index contributed by atoms with van der Waals surface area (Å²) in [6, 6.07) is 0. The van der Waals surface area contributed by atoms with Gasteiger partial charge in [0.1, 0.15) is 0 Å². The highest BCUT2D eigenvalue weighted by Crippen LogP contribution is 2.26. The van der Waals surface area contributed by atoms with E-state index >= 15 is 0 Å². The quantitative estimate of drug-likeness (QED) is 0.223. The molecule has 0 heterocycles. The molecule has 0 N–H and O–H groups in total. The topological polar surface area (TPSA) is 72.5 Å². The molecule has 7 nitrogen and oxygen atoms in total. The molecule has 1 atom stereocenters. The minimum Gasteiger partial charge on any atom is -0.460 e. The summed E-state index contributed by atoms with van der Waals surface area (Å²) in [5.74, 6) is -2.61. The maximum absolute atomic E-state index is 11.6. The summed E-state index contributed by atoms with van der Waals surface area (Å²) in [6.07, 6.45) is -0.101. The number of hydrogen-bond acceptors (Lipinski definition) is 7. The van der Waals surface area contributed by atoms with Crippen molar-refractivity contribution in [3.63, 3.8) is 0 Å². The van der Waals surface area contributed by atoms with Gasteiger partial charge in [-0.2, -0.15) is 0 Å². The lowest BCUT2D eigenvalue weighted by Crippen LogP contribution is -2.52. The second kappa shape index (κ2) is 11.1. The van der Waals surface area contributed by atoms with Crippen molar-refractivity contribution in [2.45, 2.75) is 40.0 Å². The lowest BCUT2D eigenvalue weighted by molar-refractivity contribution is -0.443. The molecule has 0 bridgehead atoms. The largest absolute Gasteiger partial charge is 0.460 e. The third kappa shape index (κ3) is 6.05. The highest BCUT2D eigenvalue weighted by atomic mass is 16.9. The standard InChI is InChI=1S/C15H26O7/c1-7-17-13(16)12(6)22-14(18-8-2)15(19-9-3,20-10-4)21-11-5/h8,14H,2,6-7,9-11H2,1,3-5H3. The van der Waals surface area contributed by atoms with E-state index in [1.165, 1.54) is 0 Å². The summed E-state index contributed by atoms with van der Waals surface area (Å²) in [5, 5.41) is 0. The third-order valence-electron chi connectivity index (χ3n) is 2.30. The van der Waals surface area contributed by atoms with Crippen LogP contribution in [0.15, 0.2) is 25.2 Å². The number of hydrogen-bond donors (Lipinski definition) is 0. The van der Waals surface area contributed by atoms with Crippen LogP contribution >= 0.6 is 0 Å². The van der Waals surface area contributed by atoms with Crippen LogP contribution in [-0.4, -0.2) is 44.7 Å². The van der Waals surface area contributed by atoms with Gasteiger partial charge in [0.25, 0.3) is 0 Å². The summed E-state index contributed by atoms with van der Waals surface area (Å²) in [5.41, 5.74) is 0. The van der Waals surface area contributed by atoms with Crippen molar-refractivity contribution in [2.75, 3.05) is 26.4 Å². The predicted molar refractivity (Wildman–Crippen MR) is 79.5 cm³/mol. The highest BCUT2D eigenvalue weighted by Gasteiger charge is 2.47. The summed E-state index contributed by atoms with van der Waals surface area (Å²) >= 11 is 0. The number of ether oxygens (including phenoxy) is 6. The molecule has 22 heavy (non-hydrogen) atoms. The molecule has 0 radical (unpaired) electrons. The Morgan fingerprint density at radius 1 is 1.05 bits per heavy atom. The second-order valence-corrected chi connectivity index (χ2v) is 3.80. The molecule has 7 heteroatoms. The molecule has 0 saturated heterocycles. The van der Waals surface area contributed by atoms with Gasteiger partial charge in [0, 0.05) is 19.8 Å². The molecule has 0 aliphatic rings. The summed E-state index contributed by atoms with van der Waals surface area (Å²) < 4.78 is 32.1. The van der Waals surface area contributed by atoms with Crippen molar-refractivity contribution in [1.82, 2.24) is 0 Å². The van der Waals surface area contributed by atoms with Crippen molar-refractivity contribution in [3.8, 4) is 0 Å². The number of rotatable bonds is 13. The summed E-state index contributed by atoms with van der Waals surface area (Å²) in [6.45, 7) is 14.9. The Bertz CT molecular complexity index is 337. The lowest BCUT2D eigenvalue weighted by atomic mass is 10.4. The zero-order valence-electron chi connectivity index (χ0n) is 13.8. The van der Waals surface area contributed by atoms with Gasteiger partial charge in [-0.15, -0.1) is 0 Å². The fourth-order valence-corrected chi connectivity index (χ4v) is 1.59. The smallest absolute Gasteiger partial charge is 0.373 e. The van der Waals surface area contributed by atoms with Gasteiger partial charge in [-0.05, 0) is 34.3 Å². The second-order valence-electron chi connectivity index (χ2n) is 3.80. The van der Waals surface area contributed by atoms with Crippen LogP contribution < -0.4 is 0 Å². The first-order valence-corrected chi connectivity index (χ1v) is 7.22. The summed E-state index contributed by atoms with van der Waals surface area (Å²) in [7, 11) is 0. The molecule has 0 spiro atoms. The summed E-state index contributed by atoms with van der Waals surface area (Å²) in [4.78, 5) is 11.6. The average Bonchev–Trinajstić information content (AvgIpc) is 2.47. The molecule has 0 aromatic heterocycles. The molecule has 0 aliphatic carbocycles. The molecule has 0 aromatic carbocycles. The van der Waals surface area contributed by atoms with Crippen LogP contribution in [0.25, 0.3) is 0 Å². The third-order valence-corrected chi connectivity index (χ3v) is 2.30. The van der Waals surface area contributed by atoms with E-state index in [4.69, 9.17) is 28.4 Å². The fourth-order valence-electron chi connectivity index (χ4n) is 1.59. The van der Waals surface area contributed by atoms with Crippen molar-refractivity contribution in [1.29, 1.82) is 0 Å². The zero-order valence-corrected chi connectivity index (χ0v) is 13.8. The van der Waals surface area contributed by atoms with Crippen LogP contribution in [0.2, 0.25) is 0 Å². The number of carbonyl (C=O) groups excluding carboxylic acids is 1. The van der Waals surface area contributed by atoms with E-state index < -0.39 is 18.2 Å². The molecule has 0 saturated carbocycles. The Morgan fingerprint density at radius 2 is 1.55 bits per heavy atom. The van der Waals surface area contributed by atoms with Crippen LogP contribution in [-0.2, 0) is 33.2 Å². The van der Waals surface area contributed by atoms with E-state index in [1.807, 2.05) is 0 Å². The fraction of sp³-hybridized carbons (Fsp3) is 0.667. The Morgan fingerprint density at radius 3 is 1.91 bits per heavy atom. The van der Waals surface area contributed by atoms with Crippen LogP contribution in [0, 0.1) is 0 Å². The van der Waals surface area contributed by atoms with Gasteiger partial charge in [-0.3, -0.25) is 0 Å². The molecule has 0 rings (SSSR count). The SMILES string of the molecule is C=COC(OC(=C)C(=O)OCC)C(OCC)(OCC)OCC. The van der Waals surface area contributed by atoms with Gasteiger partial charge >= 0.3 is 18.2 Å². The molecular formula is C15H26O7. The van der Waals surface area contributed by atoms with Crippen LogP contribution in [0.4, 0.5) is 0 Å². The van der Waals surface area contributed by atoms with Crippen molar-refractivity contribution >= 4 is 5.97 Å². The highest BCUT2D eigenvalue weighted by molar-refractivity contribution is 5.85. The van der Waals surface area contributed by atoms with Gasteiger partial charge in [0.15, 0.2) is 0 Å². The van der Waals surface area contributed by atoms with Crippen molar-refractivity contribution < 1.29 is 33.2 Å². The van der Waals surface area contributed by atoms with Crippen molar-refractivity contribution in [2.24, 2.45) is 0 Å². The lowest BCUT2D eigenvalue weighted by Gasteiger charge is -2.37. The molecule has 1 unspecified atom stereocenters. The molecule has 0 fully saturated rings. The van der Waals surface area contributed by atoms with E-state index in [0.717, 1.165) is 6.26 Å². The molecule has 0 amide bonds. The maximum atomic E-state index is 11.6. The average molecular weight is 318 g/mol. The van der Waals surface area contributed by atoms with Crippen molar-refractivity contribution in [3.05, 3.63) is 25.2 Å². The minimum atomic E-state index is -1.65. The van der Waals surface area contributed by atoms with E-state index in [1.54, 1.807) is 27.7 Å². The molecule has 0 aromatic rings. The van der Waals surface area contributed by atoms with Crippen LogP contribution in [0.5, 0.6) is 0 Å². The maximum Gasteiger partial charge on any atom is 0.373 e. The van der Waals surface area contributed by atoms with Gasteiger partial charge in [0.2, 0.25) is 5.76 Å². The van der Waals surface area contributed by atoms with Crippen LogP contribution in [0.1, 0.15) is 27.7 Å². The molecular weight excluding hydrogens is 292 g/mol. The Kier molecular flexibility index (Phi) is 10.3. The van der Waals surface area contributed by atoms with E-state index in [9.17, 15) is 4.79 Å². The van der Waals surface area contributed by atoms with Gasteiger partial charge < -0.3 is 28.4 Å². The van der Waals surface area contributed by atoms with Gasteiger partial charge in [-0.25, -0.2) is 4.79 Å². The van der Waals surface area contributed by atoms with E-state index in [-0.39, 0.29) is 32.2 Å². The first kappa shape index (κ1) is 20.4. The number of carbonyl (C=O) groups is 1. The monoisotopic (exact) mass is 318 g/mol. The normalized spacial score (nSPS) is 12.4. The molecule has 128 valence electrons. The van der Waals surface area contributed by atoms with Crippen LogP contribution in [0.3, 0.4) is 0 Å². The van der Waals surface area contributed by atoms with Gasteiger partial charge in [0.05, 0.1) is 12.9 Å². The first-order chi connectivity index (χ1) is 10.5. The molecule has 0 aliphatic heterocycles. The van der Waals surface area contributed by atoms with E-state index in [0.29, 0.717) is 0 Å². The Hall–Kier alpha value is -1.57. The minimum absolute atomic E-state index is 0.196. The predicted octanol–water partition coefficient (Wildman–Crippen LogP) is 2.33. The van der Waals surface area contributed by atoms with Gasteiger partial charge in [-0.1, -0.05) is 6.58 Å². The zero-order chi connectivity index (χ0) is 17.0. The first-order valence-electron chi connectivity index (χ1n) is 7.22. The number of esters is 1. The van der Waals surface area contributed by atoms with E-state index in [2.05, 4.69) is 13.2 Å².